The molecule has 0 unspecified atom stereocenters. The number of benzene rings is 1. The molecular weight excluding hydrogens is 396 g/mol. The van der Waals surface area contributed by atoms with Crippen LogP contribution in [0.2, 0.25) is 0 Å². The van der Waals surface area contributed by atoms with Crippen LogP contribution in [-0.2, 0) is 16.0 Å². The highest BCUT2D eigenvalue weighted by molar-refractivity contribution is 5.81. The average molecular weight is 425 g/mol. The largest absolute Gasteiger partial charge is 0.370 e. The van der Waals surface area contributed by atoms with Gasteiger partial charge in [0.2, 0.25) is 11.7 Å². The molecule has 164 valence electrons. The van der Waals surface area contributed by atoms with Gasteiger partial charge < -0.3 is 19.1 Å². The fourth-order valence-electron chi connectivity index (χ4n) is 4.97. The number of nitrogens with zero attached hydrogens (tertiary/aromatic N) is 4. The predicted octanol–water partition coefficient (Wildman–Crippen LogP) is 2.79. The van der Waals surface area contributed by atoms with Crippen LogP contribution in [0.1, 0.15) is 31.6 Å². The minimum Gasteiger partial charge on any atom is -0.370 e. The van der Waals surface area contributed by atoms with Gasteiger partial charge >= 0.3 is 6.03 Å². The Bertz CT molecular complexity index is 923. The van der Waals surface area contributed by atoms with Crippen LogP contribution in [-0.4, -0.2) is 70.6 Å². The van der Waals surface area contributed by atoms with Crippen LogP contribution >= 0.6 is 0 Å². The maximum atomic E-state index is 13.0. The van der Waals surface area contributed by atoms with Gasteiger partial charge in [-0.3, -0.25) is 4.79 Å². The number of carbonyl (C=O) groups excluding carboxylic acids is 2. The maximum Gasteiger partial charge on any atom is 0.320 e. The Morgan fingerprint density at radius 1 is 1.06 bits per heavy atom. The maximum absolute atomic E-state index is 13.0. The van der Waals surface area contributed by atoms with Crippen molar-refractivity contribution in [2.75, 3.05) is 32.8 Å². The number of fused-ring (bicyclic) bond motifs is 1. The van der Waals surface area contributed by atoms with Crippen molar-refractivity contribution in [3.05, 3.63) is 36.2 Å². The third-order valence-electron chi connectivity index (χ3n) is 6.73. The molecule has 3 saturated heterocycles. The van der Waals surface area contributed by atoms with Gasteiger partial charge in [-0.2, -0.15) is 4.98 Å². The number of carbonyl (C=O) groups is 2. The van der Waals surface area contributed by atoms with Crippen LogP contribution in [0.5, 0.6) is 0 Å². The topological polar surface area (TPSA) is 88.8 Å². The highest BCUT2D eigenvalue weighted by Gasteiger charge is 2.38. The highest BCUT2D eigenvalue weighted by Crippen LogP contribution is 2.29. The summed E-state index contributed by atoms with van der Waals surface area (Å²) in [7, 11) is 0. The second kappa shape index (κ2) is 8.78. The summed E-state index contributed by atoms with van der Waals surface area (Å²) >= 11 is 0. The zero-order chi connectivity index (χ0) is 21.2. The van der Waals surface area contributed by atoms with Crippen LogP contribution < -0.4 is 0 Å². The summed E-state index contributed by atoms with van der Waals surface area (Å²) in [4.78, 5) is 33.1. The summed E-state index contributed by atoms with van der Waals surface area (Å²) in [5, 5.41) is 4.10. The van der Waals surface area contributed by atoms with Gasteiger partial charge in [-0.25, -0.2) is 4.79 Å². The van der Waals surface area contributed by atoms with Crippen LogP contribution in [0.15, 0.2) is 34.9 Å². The third kappa shape index (κ3) is 4.49. The predicted molar refractivity (Wildman–Crippen MR) is 112 cm³/mol. The number of ether oxygens (including phenoxy) is 1. The van der Waals surface area contributed by atoms with Gasteiger partial charge in [-0.1, -0.05) is 35.5 Å². The second-order valence-corrected chi connectivity index (χ2v) is 8.88. The molecule has 2 amide bonds. The number of piperidine rings is 2. The first-order valence-corrected chi connectivity index (χ1v) is 11.2. The molecule has 0 aliphatic carbocycles. The molecule has 3 aliphatic rings. The monoisotopic (exact) mass is 424 g/mol. The Labute approximate surface area is 181 Å². The molecule has 2 aromatic rings. The van der Waals surface area contributed by atoms with Crippen molar-refractivity contribution in [2.45, 2.75) is 38.2 Å². The molecule has 1 aromatic heterocycles. The molecule has 3 fully saturated rings. The molecule has 0 N–H and O–H groups in total. The number of aromatic nitrogens is 2. The van der Waals surface area contributed by atoms with Crippen molar-refractivity contribution in [3.8, 4) is 11.4 Å². The summed E-state index contributed by atoms with van der Waals surface area (Å²) in [5.41, 5.74) is 0.951. The van der Waals surface area contributed by atoms with E-state index in [0.717, 1.165) is 44.3 Å². The van der Waals surface area contributed by atoms with Gasteiger partial charge in [0.15, 0.2) is 5.78 Å². The first-order chi connectivity index (χ1) is 15.2. The Balaban J connectivity index is 1.12. The summed E-state index contributed by atoms with van der Waals surface area (Å²) < 4.78 is 11.1. The molecule has 4 heterocycles. The van der Waals surface area contributed by atoms with Crippen molar-refractivity contribution in [1.29, 1.82) is 0 Å². The van der Waals surface area contributed by atoms with E-state index in [1.54, 1.807) is 0 Å². The summed E-state index contributed by atoms with van der Waals surface area (Å²) in [6.45, 7) is 3.04. The molecule has 8 heteroatoms. The Morgan fingerprint density at radius 3 is 2.65 bits per heavy atom. The molecule has 2 atom stereocenters. The van der Waals surface area contributed by atoms with E-state index in [1.165, 1.54) is 0 Å². The molecule has 31 heavy (non-hydrogen) atoms. The van der Waals surface area contributed by atoms with Crippen LogP contribution in [0.3, 0.4) is 0 Å². The molecule has 8 nitrogen and oxygen atoms in total. The first kappa shape index (κ1) is 20.2. The van der Waals surface area contributed by atoms with E-state index in [-0.39, 0.29) is 30.4 Å². The lowest BCUT2D eigenvalue weighted by atomic mass is 9.88. The molecule has 0 radical (unpaired) electrons. The van der Waals surface area contributed by atoms with E-state index < -0.39 is 0 Å². The van der Waals surface area contributed by atoms with E-state index in [0.29, 0.717) is 37.1 Å². The van der Waals surface area contributed by atoms with Crippen molar-refractivity contribution in [2.24, 2.45) is 11.8 Å². The van der Waals surface area contributed by atoms with E-state index in [9.17, 15) is 9.59 Å². The van der Waals surface area contributed by atoms with Gasteiger partial charge in [0.25, 0.3) is 0 Å². The van der Waals surface area contributed by atoms with Gasteiger partial charge in [0.1, 0.15) is 6.61 Å². The minimum absolute atomic E-state index is 0.0964. The highest BCUT2D eigenvalue weighted by atomic mass is 16.5. The van der Waals surface area contributed by atoms with Gasteiger partial charge in [-0.05, 0) is 25.2 Å². The second-order valence-electron chi connectivity index (χ2n) is 8.88. The van der Waals surface area contributed by atoms with Gasteiger partial charge in [0.05, 0.1) is 6.10 Å². The lowest BCUT2D eigenvalue weighted by Crippen LogP contribution is -2.54. The number of hydrogen-bond acceptors (Lipinski definition) is 6. The first-order valence-electron chi connectivity index (χ1n) is 11.2. The van der Waals surface area contributed by atoms with Crippen molar-refractivity contribution in [1.82, 2.24) is 19.9 Å². The summed E-state index contributed by atoms with van der Waals surface area (Å²) in [6, 6.07) is 9.91. The van der Waals surface area contributed by atoms with Gasteiger partial charge in [-0.15, -0.1) is 0 Å². The zero-order valence-electron chi connectivity index (χ0n) is 17.6. The number of ketones is 1. The van der Waals surface area contributed by atoms with E-state index >= 15 is 0 Å². The van der Waals surface area contributed by atoms with Crippen molar-refractivity contribution >= 4 is 11.8 Å². The number of amides is 2. The standard InChI is InChI=1S/C23H28N4O4/c28-19-13-18-14-27(11-8-20(18)30-15-19)23(29)26-9-6-16(7-10-26)12-21-24-22(25-31-21)17-4-2-1-3-5-17/h1-5,16,18,20H,6-15H2/t18-,20+/m1/s1. The third-order valence-corrected chi connectivity index (χ3v) is 6.73. The minimum atomic E-state index is 0.0964. The van der Waals surface area contributed by atoms with Crippen molar-refractivity contribution < 1.29 is 18.8 Å². The fraction of sp³-hybridized carbons (Fsp3) is 0.565. The van der Waals surface area contributed by atoms with Crippen LogP contribution in [0.25, 0.3) is 11.4 Å². The van der Waals surface area contributed by atoms with Crippen LogP contribution in [0, 0.1) is 11.8 Å². The Morgan fingerprint density at radius 2 is 1.84 bits per heavy atom. The molecule has 0 bridgehead atoms. The molecule has 5 rings (SSSR count). The Kier molecular flexibility index (Phi) is 5.72. The smallest absolute Gasteiger partial charge is 0.320 e. The van der Waals surface area contributed by atoms with E-state index in [2.05, 4.69) is 10.1 Å². The van der Waals surface area contributed by atoms with E-state index in [1.807, 2.05) is 40.1 Å². The lowest BCUT2D eigenvalue weighted by molar-refractivity contribution is -0.140. The quantitative estimate of drug-likeness (QED) is 0.753. The van der Waals surface area contributed by atoms with E-state index in [4.69, 9.17) is 9.26 Å². The molecular formula is C23H28N4O4. The number of urea groups is 1. The van der Waals surface area contributed by atoms with Crippen LogP contribution in [0.4, 0.5) is 4.79 Å². The van der Waals surface area contributed by atoms with Crippen molar-refractivity contribution in [3.63, 3.8) is 0 Å². The normalized spacial score (nSPS) is 24.8. The molecule has 0 saturated carbocycles. The Hall–Kier alpha value is -2.74. The molecule has 0 spiro atoms. The summed E-state index contributed by atoms with van der Waals surface area (Å²) in [5.74, 6) is 2.01. The average Bonchev–Trinajstić information content (AvgIpc) is 3.28. The lowest BCUT2D eigenvalue weighted by Gasteiger charge is -2.43. The SMILES string of the molecule is O=C1CO[C@H]2CCN(C(=O)N3CCC(Cc4nc(-c5ccccc5)no4)CC3)C[C@H]2C1. The number of likely N-dealkylation sites (tertiary alicyclic amines) is 2. The summed E-state index contributed by atoms with van der Waals surface area (Å²) in [6.07, 6.45) is 4.08. The molecule has 3 aliphatic heterocycles. The number of Topliss-reactive ketones (excluding diaryl/α,β-unsaturated/α-hetero) is 1. The zero-order valence-corrected chi connectivity index (χ0v) is 17.6. The number of hydrogen-bond donors (Lipinski definition) is 0. The number of rotatable bonds is 3. The fourth-order valence-corrected chi connectivity index (χ4v) is 4.97. The molecule has 1 aromatic carbocycles. The van der Waals surface area contributed by atoms with Gasteiger partial charge in [0, 0.05) is 50.5 Å².